The van der Waals surface area contributed by atoms with E-state index in [0.717, 1.165) is 5.69 Å². The van der Waals surface area contributed by atoms with E-state index in [4.69, 9.17) is 11.6 Å². The third-order valence-electron chi connectivity index (χ3n) is 3.54. The molecule has 0 saturated carbocycles. The van der Waals surface area contributed by atoms with Crippen molar-refractivity contribution in [3.05, 3.63) is 64.3 Å². The molecule has 23 heavy (non-hydrogen) atoms. The van der Waals surface area contributed by atoms with Crippen molar-refractivity contribution in [1.29, 1.82) is 0 Å². The zero-order valence-corrected chi connectivity index (χ0v) is 13.3. The molecule has 8 heteroatoms. The van der Waals surface area contributed by atoms with E-state index in [0.29, 0.717) is 22.1 Å². The maximum atomic E-state index is 13.0. The lowest BCUT2D eigenvalue weighted by Gasteiger charge is -2.35. The number of rotatable bonds is 2. The van der Waals surface area contributed by atoms with Gasteiger partial charge in [0.25, 0.3) is 5.91 Å². The number of aromatic nitrogens is 3. The Labute approximate surface area is 140 Å². The predicted octanol–water partition coefficient (Wildman–Crippen LogP) is 3.36. The number of nitrogens with one attached hydrogen (secondary N) is 1. The van der Waals surface area contributed by atoms with Crippen molar-refractivity contribution in [3.63, 3.8) is 0 Å². The van der Waals surface area contributed by atoms with Crippen molar-refractivity contribution in [2.24, 2.45) is 0 Å². The van der Waals surface area contributed by atoms with Crippen LogP contribution in [0.1, 0.15) is 22.2 Å². The summed E-state index contributed by atoms with van der Waals surface area (Å²) in [5.74, 6) is 0.353. The molecular weight excluding hydrogens is 334 g/mol. The molecule has 1 amide bonds. The molecule has 0 unspecified atom stereocenters. The Balaban J connectivity index is 1.85. The van der Waals surface area contributed by atoms with Gasteiger partial charge in [-0.3, -0.25) is 9.69 Å². The average molecular weight is 344 g/mol. The first-order valence-corrected chi connectivity index (χ1v) is 8.03. The molecule has 1 aliphatic heterocycles. The molecule has 0 bridgehead atoms. The fourth-order valence-electron chi connectivity index (χ4n) is 2.50. The molecule has 1 N–H and O–H groups in total. The Morgan fingerprint density at radius 1 is 1.22 bits per heavy atom. The molecule has 3 aromatic rings. The van der Waals surface area contributed by atoms with Crippen LogP contribution in [0.2, 0.25) is 5.02 Å². The molecule has 1 atom stereocenters. The van der Waals surface area contributed by atoms with E-state index in [1.807, 2.05) is 23.6 Å². The second kappa shape index (κ2) is 5.60. The summed E-state index contributed by atoms with van der Waals surface area (Å²) >= 11 is 7.14. The van der Waals surface area contributed by atoms with Crippen LogP contribution in [0.15, 0.2) is 48.0 Å². The molecule has 114 valence electrons. The van der Waals surface area contributed by atoms with Crippen molar-refractivity contribution in [3.8, 4) is 0 Å². The Kier molecular flexibility index (Phi) is 3.44. The monoisotopic (exact) mass is 343 g/mol. The van der Waals surface area contributed by atoms with Gasteiger partial charge in [-0.1, -0.05) is 28.2 Å². The van der Waals surface area contributed by atoms with E-state index in [9.17, 15) is 4.79 Å². The lowest BCUT2D eigenvalue weighted by Crippen LogP contribution is -2.43. The third-order valence-corrected chi connectivity index (χ3v) is 4.29. The summed E-state index contributed by atoms with van der Waals surface area (Å²) in [5, 5.41) is 9.75. The van der Waals surface area contributed by atoms with Gasteiger partial charge >= 0.3 is 0 Å². The van der Waals surface area contributed by atoms with Crippen LogP contribution < -0.4 is 10.2 Å². The van der Waals surface area contributed by atoms with Crippen LogP contribution in [0.25, 0.3) is 0 Å². The minimum Gasteiger partial charge on any atom is -0.359 e. The van der Waals surface area contributed by atoms with Gasteiger partial charge in [-0.2, -0.15) is 0 Å². The quantitative estimate of drug-likeness (QED) is 0.772. The van der Waals surface area contributed by atoms with Crippen LogP contribution in [0, 0.1) is 0 Å². The lowest BCUT2D eigenvalue weighted by atomic mass is 10.1. The number of halogens is 1. The standard InChI is InChI=1S/C15H10ClN5OS/c16-9-5-6-13(17-7-9)21-14(12-8-23-20-19-12)18-11-4-2-1-3-10(11)15(21)22/h1-8,14,18H/t14-/m1/s1. The van der Waals surface area contributed by atoms with Crippen molar-refractivity contribution in [2.45, 2.75) is 6.17 Å². The van der Waals surface area contributed by atoms with Crippen molar-refractivity contribution < 1.29 is 4.79 Å². The summed E-state index contributed by atoms with van der Waals surface area (Å²) in [6.45, 7) is 0. The van der Waals surface area contributed by atoms with Gasteiger partial charge in [0.05, 0.1) is 10.6 Å². The molecule has 1 aliphatic rings. The lowest BCUT2D eigenvalue weighted by molar-refractivity contribution is 0.0973. The van der Waals surface area contributed by atoms with Crippen LogP contribution in [0.5, 0.6) is 0 Å². The molecule has 0 saturated heterocycles. The normalized spacial score (nSPS) is 16.8. The highest BCUT2D eigenvalue weighted by atomic mass is 35.5. The number of para-hydroxylation sites is 1. The van der Waals surface area contributed by atoms with Gasteiger partial charge in [0.2, 0.25) is 0 Å². The summed E-state index contributed by atoms with van der Waals surface area (Å²) in [4.78, 5) is 18.8. The number of hydrogen-bond acceptors (Lipinski definition) is 6. The maximum absolute atomic E-state index is 13.0. The van der Waals surface area contributed by atoms with E-state index in [1.165, 1.54) is 17.7 Å². The highest BCUT2D eigenvalue weighted by molar-refractivity contribution is 7.03. The summed E-state index contributed by atoms with van der Waals surface area (Å²) in [7, 11) is 0. The number of benzene rings is 1. The third kappa shape index (κ3) is 2.43. The molecule has 0 fully saturated rings. The summed E-state index contributed by atoms with van der Waals surface area (Å²) in [6, 6.07) is 10.8. The topological polar surface area (TPSA) is 71.0 Å². The number of carbonyl (C=O) groups excluding carboxylic acids is 1. The van der Waals surface area contributed by atoms with Gasteiger partial charge in [-0.25, -0.2) is 4.98 Å². The number of carbonyl (C=O) groups is 1. The molecule has 3 heterocycles. The smallest absolute Gasteiger partial charge is 0.263 e. The van der Waals surface area contributed by atoms with Gasteiger partial charge < -0.3 is 5.32 Å². The number of nitrogens with zero attached hydrogens (tertiary/aromatic N) is 4. The average Bonchev–Trinajstić information content (AvgIpc) is 3.10. The first kappa shape index (κ1) is 14.1. The van der Waals surface area contributed by atoms with Gasteiger partial charge in [0.15, 0.2) is 6.17 Å². The second-order valence-corrected chi connectivity index (χ2v) is 5.98. The molecule has 0 radical (unpaired) electrons. The zero-order chi connectivity index (χ0) is 15.8. The Morgan fingerprint density at radius 2 is 2.09 bits per heavy atom. The van der Waals surface area contributed by atoms with Gasteiger partial charge in [-0.15, -0.1) is 5.10 Å². The van der Waals surface area contributed by atoms with Crippen molar-refractivity contribution in [1.82, 2.24) is 14.6 Å². The molecule has 6 nitrogen and oxygen atoms in total. The van der Waals surface area contributed by atoms with Crippen molar-refractivity contribution in [2.75, 3.05) is 10.2 Å². The maximum Gasteiger partial charge on any atom is 0.263 e. The van der Waals surface area contributed by atoms with E-state index in [-0.39, 0.29) is 5.91 Å². The molecular formula is C15H10ClN5OS. The number of anilines is 2. The molecule has 0 aliphatic carbocycles. The van der Waals surface area contributed by atoms with Crippen LogP contribution in [0.4, 0.5) is 11.5 Å². The second-order valence-electron chi connectivity index (χ2n) is 4.93. The van der Waals surface area contributed by atoms with E-state index >= 15 is 0 Å². The Hall–Kier alpha value is -2.51. The highest BCUT2D eigenvalue weighted by Crippen LogP contribution is 2.35. The van der Waals surface area contributed by atoms with Crippen molar-refractivity contribution >= 4 is 40.5 Å². The number of hydrogen-bond donors (Lipinski definition) is 1. The molecule has 4 rings (SSSR count). The summed E-state index contributed by atoms with van der Waals surface area (Å²) in [6.07, 6.45) is 1.05. The van der Waals surface area contributed by atoms with Gasteiger partial charge in [-0.05, 0) is 35.8 Å². The van der Waals surface area contributed by atoms with Gasteiger partial charge in [0, 0.05) is 17.3 Å². The Bertz CT molecular complexity index is 853. The number of pyridine rings is 1. The van der Waals surface area contributed by atoms with E-state index < -0.39 is 6.17 Å². The van der Waals surface area contributed by atoms with Gasteiger partial charge in [0.1, 0.15) is 11.5 Å². The fourth-order valence-corrected chi connectivity index (χ4v) is 3.08. The van der Waals surface area contributed by atoms with E-state index in [2.05, 4.69) is 19.9 Å². The van der Waals surface area contributed by atoms with Crippen LogP contribution in [-0.2, 0) is 0 Å². The van der Waals surface area contributed by atoms with Crippen LogP contribution >= 0.6 is 23.1 Å². The first-order chi connectivity index (χ1) is 11.2. The minimum atomic E-state index is -0.468. The molecule has 1 aromatic carbocycles. The Morgan fingerprint density at radius 3 is 2.83 bits per heavy atom. The predicted molar refractivity (Wildman–Crippen MR) is 88.8 cm³/mol. The summed E-state index contributed by atoms with van der Waals surface area (Å²) < 4.78 is 3.89. The minimum absolute atomic E-state index is 0.146. The highest BCUT2D eigenvalue weighted by Gasteiger charge is 2.35. The van der Waals surface area contributed by atoms with Crippen LogP contribution in [0.3, 0.4) is 0 Å². The zero-order valence-electron chi connectivity index (χ0n) is 11.7. The first-order valence-electron chi connectivity index (χ1n) is 6.81. The number of fused-ring (bicyclic) bond motifs is 1. The molecule has 0 spiro atoms. The SMILES string of the molecule is O=C1c2ccccc2N[C@@H](c2csnn2)N1c1ccc(Cl)cn1. The molecule has 2 aromatic heterocycles. The van der Waals surface area contributed by atoms with Crippen LogP contribution in [-0.4, -0.2) is 20.5 Å². The summed E-state index contributed by atoms with van der Waals surface area (Å²) in [5.41, 5.74) is 2.01. The number of amides is 1. The van der Waals surface area contributed by atoms with E-state index in [1.54, 1.807) is 23.1 Å². The largest absolute Gasteiger partial charge is 0.359 e. The fraction of sp³-hybridized carbons (Fsp3) is 0.0667.